The highest BCUT2D eigenvalue weighted by atomic mass is 79.9. The molecule has 1 aromatic heterocycles. The van der Waals surface area contributed by atoms with E-state index >= 15 is 0 Å². The van der Waals surface area contributed by atoms with E-state index in [4.69, 9.17) is 17.3 Å². The highest BCUT2D eigenvalue weighted by Gasteiger charge is 2.21. The molecule has 0 saturated carbocycles. The molecule has 0 saturated heterocycles. The standard InChI is InChI=1S/C10H10BrClN4O2S/c11-9-7(12)2-1-3-8(9)16-19(17,18)10-6(4-13)5-14-15-10/h1-3,5,16H,4,13H2,(H,14,15). The van der Waals surface area contributed by atoms with Crippen LogP contribution >= 0.6 is 27.5 Å². The average molecular weight is 366 g/mol. The van der Waals surface area contributed by atoms with Gasteiger partial charge in [0.1, 0.15) is 0 Å². The number of sulfonamides is 1. The molecule has 0 unspecified atom stereocenters. The van der Waals surface area contributed by atoms with Gasteiger partial charge in [0.15, 0.2) is 5.03 Å². The van der Waals surface area contributed by atoms with Gasteiger partial charge in [0.05, 0.1) is 21.4 Å². The highest BCUT2D eigenvalue weighted by Crippen LogP contribution is 2.31. The fourth-order valence-electron chi connectivity index (χ4n) is 1.46. The number of anilines is 1. The Morgan fingerprint density at radius 3 is 2.89 bits per heavy atom. The molecule has 102 valence electrons. The van der Waals surface area contributed by atoms with Crippen molar-refractivity contribution in [3.8, 4) is 0 Å². The first kappa shape index (κ1) is 14.3. The number of aromatic nitrogens is 2. The molecule has 0 aliphatic heterocycles. The van der Waals surface area contributed by atoms with Gasteiger partial charge in [0.2, 0.25) is 0 Å². The SMILES string of the molecule is NCc1cn[nH]c1S(=O)(=O)Nc1cccc(Cl)c1Br. The van der Waals surface area contributed by atoms with E-state index < -0.39 is 10.0 Å². The summed E-state index contributed by atoms with van der Waals surface area (Å²) in [6.45, 7) is 0.0729. The molecule has 19 heavy (non-hydrogen) atoms. The average Bonchev–Trinajstić information content (AvgIpc) is 2.84. The molecule has 0 aliphatic rings. The van der Waals surface area contributed by atoms with Gasteiger partial charge in [-0.1, -0.05) is 17.7 Å². The number of nitrogens with one attached hydrogen (secondary N) is 2. The van der Waals surface area contributed by atoms with Crippen molar-refractivity contribution in [2.24, 2.45) is 5.73 Å². The van der Waals surface area contributed by atoms with Crippen LogP contribution in [0.3, 0.4) is 0 Å². The van der Waals surface area contributed by atoms with Crippen molar-refractivity contribution < 1.29 is 8.42 Å². The summed E-state index contributed by atoms with van der Waals surface area (Å²) in [5.41, 5.74) is 6.20. The van der Waals surface area contributed by atoms with Crippen molar-refractivity contribution in [2.75, 3.05) is 4.72 Å². The van der Waals surface area contributed by atoms with E-state index in [0.29, 0.717) is 20.7 Å². The minimum Gasteiger partial charge on any atom is -0.326 e. The van der Waals surface area contributed by atoms with Crippen LogP contribution in [0.15, 0.2) is 33.9 Å². The van der Waals surface area contributed by atoms with Gasteiger partial charge in [-0.05, 0) is 28.1 Å². The summed E-state index contributed by atoms with van der Waals surface area (Å²) in [5.74, 6) is 0. The van der Waals surface area contributed by atoms with Crippen LogP contribution in [0.2, 0.25) is 5.02 Å². The van der Waals surface area contributed by atoms with E-state index in [1.807, 2.05) is 0 Å². The van der Waals surface area contributed by atoms with E-state index in [0.717, 1.165) is 0 Å². The van der Waals surface area contributed by atoms with E-state index in [-0.39, 0.29) is 11.6 Å². The molecule has 2 rings (SSSR count). The Bertz CT molecular complexity index is 701. The third-order valence-electron chi connectivity index (χ3n) is 2.36. The van der Waals surface area contributed by atoms with Crippen molar-refractivity contribution in [1.29, 1.82) is 0 Å². The summed E-state index contributed by atoms with van der Waals surface area (Å²) >= 11 is 9.13. The second-order valence-corrected chi connectivity index (χ2v) is 6.45. The van der Waals surface area contributed by atoms with Gasteiger partial charge in [-0.25, -0.2) is 0 Å². The summed E-state index contributed by atoms with van der Waals surface area (Å²) in [5, 5.41) is 6.45. The monoisotopic (exact) mass is 364 g/mol. The lowest BCUT2D eigenvalue weighted by atomic mass is 10.3. The first-order valence-corrected chi connectivity index (χ1v) is 7.80. The maximum Gasteiger partial charge on any atom is 0.279 e. The molecule has 0 bridgehead atoms. The molecule has 0 spiro atoms. The van der Waals surface area contributed by atoms with Gasteiger partial charge in [0, 0.05) is 12.1 Å². The number of hydrogen-bond acceptors (Lipinski definition) is 4. The molecule has 4 N–H and O–H groups in total. The van der Waals surface area contributed by atoms with Crippen molar-refractivity contribution in [1.82, 2.24) is 10.2 Å². The van der Waals surface area contributed by atoms with Crippen LogP contribution in [0.4, 0.5) is 5.69 Å². The fourth-order valence-corrected chi connectivity index (χ4v) is 3.34. The summed E-state index contributed by atoms with van der Waals surface area (Å²) in [6, 6.07) is 4.87. The van der Waals surface area contributed by atoms with Gasteiger partial charge in [0.25, 0.3) is 10.0 Å². The van der Waals surface area contributed by atoms with Crippen LogP contribution in [0.1, 0.15) is 5.56 Å². The molecular formula is C10H10BrClN4O2S. The molecule has 1 aromatic carbocycles. The Morgan fingerprint density at radius 1 is 1.47 bits per heavy atom. The molecular weight excluding hydrogens is 356 g/mol. The number of halogens is 2. The maximum absolute atomic E-state index is 12.2. The number of aromatic amines is 1. The first-order valence-electron chi connectivity index (χ1n) is 5.15. The van der Waals surface area contributed by atoms with Gasteiger partial charge in [-0.15, -0.1) is 0 Å². The summed E-state index contributed by atoms with van der Waals surface area (Å²) in [4.78, 5) is 0. The molecule has 0 amide bonds. The number of nitrogens with zero attached hydrogens (tertiary/aromatic N) is 1. The number of rotatable bonds is 4. The minimum atomic E-state index is -3.79. The predicted molar refractivity (Wildman–Crippen MR) is 76.4 cm³/mol. The van der Waals surface area contributed by atoms with E-state index in [1.165, 1.54) is 6.20 Å². The van der Waals surface area contributed by atoms with Crippen LogP contribution in [0, 0.1) is 0 Å². The Morgan fingerprint density at radius 2 is 2.21 bits per heavy atom. The van der Waals surface area contributed by atoms with Crippen LogP contribution in [-0.2, 0) is 16.6 Å². The van der Waals surface area contributed by atoms with E-state index in [9.17, 15) is 8.42 Å². The lowest BCUT2D eigenvalue weighted by Crippen LogP contribution is -2.16. The van der Waals surface area contributed by atoms with Crippen molar-refractivity contribution in [3.63, 3.8) is 0 Å². The quantitative estimate of drug-likeness (QED) is 0.772. The zero-order valence-electron chi connectivity index (χ0n) is 9.52. The third kappa shape index (κ3) is 2.92. The van der Waals surface area contributed by atoms with Crippen LogP contribution in [0.25, 0.3) is 0 Å². The molecule has 2 aromatic rings. The summed E-state index contributed by atoms with van der Waals surface area (Å²) < 4.78 is 27.3. The molecule has 0 atom stereocenters. The molecule has 1 heterocycles. The Labute approximate surface area is 123 Å². The van der Waals surface area contributed by atoms with Gasteiger partial charge in [-0.3, -0.25) is 9.82 Å². The number of nitrogens with two attached hydrogens (primary N) is 1. The van der Waals surface area contributed by atoms with Crippen LogP contribution < -0.4 is 10.5 Å². The number of hydrogen-bond donors (Lipinski definition) is 3. The number of H-pyrrole nitrogens is 1. The maximum atomic E-state index is 12.2. The Balaban J connectivity index is 2.40. The van der Waals surface area contributed by atoms with Crippen molar-refractivity contribution >= 4 is 43.2 Å². The van der Waals surface area contributed by atoms with Crippen molar-refractivity contribution in [2.45, 2.75) is 11.6 Å². The second-order valence-electron chi connectivity index (χ2n) is 3.64. The molecule has 0 fully saturated rings. The molecule has 0 aliphatic carbocycles. The van der Waals surface area contributed by atoms with E-state index in [2.05, 4.69) is 30.8 Å². The zero-order chi connectivity index (χ0) is 14.0. The van der Waals surface area contributed by atoms with Gasteiger partial charge >= 0.3 is 0 Å². The Hall–Kier alpha value is -1.09. The smallest absolute Gasteiger partial charge is 0.279 e. The third-order valence-corrected chi connectivity index (χ3v) is 5.14. The zero-order valence-corrected chi connectivity index (χ0v) is 12.7. The number of benzene rings is 1. The Kier molecular flexibility index (Phi) is 4.14. The first-order chi connectivity index (χ1) is 8.95. The predicted octanol–water partition coefficient (Wildman–Crippen LogP) is 2.09. The molecule has 6 nitrogen and oxygen atoms in total. The lowest BCUT2D eigenvalue weighted by Gasteiger charge is -2.10. The second kappa shape index (κ2) is 5.49. The highest BCUT2D eigenvalue weighted by molar-refractivity contribution is 9.10. The fraction of sp³-hybridized carbons (Fsp3) is 0.100. The normalized spacial score (nSPS) is 11.5. The lowest BCUT2D eigenvalue weighted by molar-refractivity contribution is 0.596. The summed E-state index contributed by atoms with van der Waals surface area (Å²) in [7, 11) is -3.79. The minimum absolute atomic E-state index is 0.0538. The molecule has 0 radical (unpaired) electrons. The largest absolute Gasteiger partial charge is 0.326 e. The summed E-state index contributed by atoms with van der Waals surface area (Å²) in [6.07, 6.45) is 1.38. The topological polar surface area (TPSA) is 101 Å². The van der Waals surface area contributed by atoms with Crippen LogP contribution in [-0.4, -0.2) is 18.6 Å². The van der Waals surface area contributed by atoms with E-state index in [1.54, 1.807) is 18.2 Å². The van der Waals surface area contributed by atoms with Gasteiger partial charge in [-0.2, -0.15) is 13.5 Å². The van der Waals surface area contributed by atoms with Crippen molar-refractivity contribution in [3.05, 3.63) is 39.5 Å². The molecule has 9 heteroatoms. The van der Waals surface area contributed by atoms with Crippen LogP contribution in [0.5, 0.6) is 0 Å². The van der Waals surface area contributed by atoms with Gasteiger partial charge < -0.3 is 5.73 Å².